The van der Waals surface area contributed by atoms with Gasteiger partial charge >= 0.3 is 6.09 Å². The average Bonchev–Trinajstić information content (AvgIpc) is 3.51. The molecule has 0 aromatic heterocycles. The van der Waals surface area contributed by atoms with Gasteiger partial charge in [0.1, 0.15) is 29.8 Å². The van der Waals surface area contributed by atoms with E-state index in [1.165, 1.54) is 11.1 Å². The number of rotatable bonds is 12. The largest absolute Gasteiger partial charge is 0.497 e. The number of carbonyl (C=O) groups is 1. The van der Waals surface area contributed by atoms with Crippen molar-refractivity contribution in [2.45, 2.75) is 42.7 Å². The van der Waals surface area contributed by atoms with Crippen LogP contribution in [-0.2, 0) is 19.8 Å². The Morgan fingerprint density at radius 1 is 0.706 bits per heavy atom. The Morgan fingerprint density at radius 3 is 1.80 bits per heavy atom. The van der Waals surface area contributed by atoms with Crippen molar-refractivity contribution in [3.63, 3.8) is 0 Å². The Hall–Kier alpha value is -5.15. The fraction of sp³-hybridized carbons (Fsp3) is 0.279. The lowest BCUT2D eigenvalue weighted by Crippen LogP contribution is -2.47. The summed E-state index contributed by atoms with van der Waals surface area (Å²) in [6.07, 6.45) is -1.10. The summed E-state index contributed by atoms with van der Waals surface area (Å²) >= 11 is 0. The summed E-state index contributed by atoms with van der Waals surface area (Å²) < 4.78 is 30.1. The minimum absolute atomic E-state index is 0.0213. The normalized spacial score (nSPS) is 18.4. The molecule has 1 aliphatic carbocycles. The Balaban J connectivity index is 1.04. The summed E-state index contributed by atoms with van der Waals surface area (Å²) in [6, 6.07) is 42.2. The van der Waals surface area contributed by atoms with E-state index in [2.05, 4.69) is 29.6 Å². The van der Waals surface area contributed by atoms with Gasteiger partial charge in [-0.15, -0.1) is 0 Å². The molecule has 5 aromatic carbocycles. The minimum atomic E-state index is -1.05. The molecular weight excluding hydrogens is 642 g/mol. The number of ether oxygens (including phenoxy) is 5. The van der Waals surface area contributed by atoms with E-state index < -0.39 is 23.9 Å². The first-order valence-corrected chi connectivity index (χ1v) is 17.4. The number of benzene rings is 5. The average molecular weight is 686 g/mol. The molecule has 262 valence electrons. The standard InChI is InChI=1S/C43H43NO7/c1-47-32-20-16-30(17-21-32)43(29-10-4-3-5-11-29,31-18-22-33(48-2)23-19-31)50-28-41-40(45)25-24-34(51-41)26-44-42(46)49-27-39-37-14-8-6-12-35(37)36-13-7-9-15-38(36)39/h3-23,34,39-41,45H,24-28H2,1-2H3,(H,44,46)/t34-,40+,41-/m1/s1. The van der Waals surface area contributed by atoms with Crippen LogP contribution in [0.4, 0.5) is 4.79 Å². The summed E-state index contributed by atoms with van der Waals surface area (Å²) in [6.45, 7) is 0.578. The van der Waals surface area contributed by atoms with Crippen molar-refractivity contribution in [1.29, 1.82) is 0 Å². The fourth-order valence-electron chi connectivity index (χ4n) is 7.38. The highest BCUT2D eigenvalue weighted by Gasteiger charge is 2.40. The van der Waals surface area contributed by atoms with Gasteiger partial charge in [-0.2, -0.15) is 0 Å². The summed E-state index contributed by atoms with van der Waals surface area (Å²) in [7, 11) is 3.28. The number of aliphatic hydroxyl groups excluding tert-OH is 1. The fourth-order valence-corrected chi connectivity index (χ4v) is 7.38. The second-order valence-corrected chi connectivity index (χ2v) is 13.0. The SMILES string of the molecule is COc1ccc(C(OC[C@H]2O[C@@H](CNC(=O)OCC3c4ccccc4-c4ccccc43)CC[C@@H]2O)(c2ccccc2)c2ccc(OC)cc2)cc1. The van der Waals surface area contributed by atoms with Crippen molar-refractivity contribution in [2.75, 3.05) is 34.0 Å². The Kier molecular flexibility index (Phi) is 10.4. The summed E-state index contributed by atoms with van der Waals surface area (Å²) in [5.74, 6) is 1.44. The molecular formula is C43H43NO7. The molecule has 0 spiro atoms. The van der Waals surface area contributed by atoms with Crippen LogP contribution < -0.4 is 14.8 Å². The number of methoxy groups -OCH3 is 2. The van der Waals surface area contributed by atoms with Gasteiger partial charge in [-0.1, -0.05) is 103 Å². The molecule has 2 N–H and O–H groups in total. The smallest absolute Gasteiger partial charge is 0.407 e. The van der Waals surface area contributed by atoms with Gasteiger partial charge in [0.05, 0.1) is 33.0 Å². The quantitative estimate of drug-likeness (QED) is 0.132. The van der Waals surface area contributed by atoms with Crippen molar-refractivity contribution in [3.8, 4) is 22.6 Å². The molecule has 3 atom stereocenters. The van der Waals surface area contributed by atoms with Crippen LogP contribution in [0.25, 0.3) is 11.1 Å². The minimum Gasteiger partial charge on any atom is -0.497 e. The van der Waals surface area contributed by atoms with Crippen LogP contribution in [0.2, 0.25) is 0 Å². The molecule has 1 heterocycles. The molecule has 1 saturated heterocycles. The number of aliphatic hydroxyl groups is 1. The van der Waals surface area contributed by atoms with E-state index >= 15 is 0 Å². The molecule has 1 amide bonds. The van der Waals surface area contributed by atoms with Crippen molar-refractivity contribution in [2.24, 2.45) is 0 Å². The van der Waals surface area contributed by atoms with Crippen molar-refractivity contribution in [3.05, 3.63) is 155 Å². The lowest BCUT2D eigenvalue weighted by Gasteiger charge is -2.40. The van der Waals surface area contributed by atoms with Gasteiger partial charge in [0.15, 0.2) is 0 Å². The maximum absolute atomic E-state index is 13.0. The van der Waals surface area contributed by atoms with Crippen LogP contribution in [0, 0.1) is 0 Å². The monoisotopic (exact) mass is 685 g/mol. The van der Waals surface area contributed by atoms with Crippen LogP contribution in [0.5, 0.6) is 11.5 Å². The number of nitrogens with one attached hydrogen (secondary N) is 1. The number of fused-ring (bicyclic) bond motifs is 3. The first-order valence-electron chi connectivity index (χ1n) is 17.4. The number of hydrogen-bond donors (Lipinski definition) is 2. The second-order valence-electron chi connectivity index (χ2n) is 13.0. The predicted octanol–water partition coefficient (Wildman–Crippen LogP) is 7.46. The highest BCUT2D eigenvalue weighted by atomic mass is 16.6. The van der Waals surface area contributed by atoms with Crippen molar-refractivity contribution < 1.29 is 33.6 Å². The number of alkyl carbamates (subject to hydrolysis) is 1. The third-order valence-electron chi connectivity index (χ3n) is 10.0. The number of carbonyl (C=O) groups excluding carboxylic acids is 1. The highest BCUT2D eigenvalue weighted by molar-refractivity contribution is 5.79. The summed E-state index contributed by atoms with van der Waals surface area (Å²) in [5.41, 5.74) is 6.33. The molecule has 8 nitrogen and oxygen atoms in total. The molecule has 7 rings (SSSR count). The van der Waals surface area contributed by atoms with Gasteiger partial charge in [0.25, 0.3) is 0 Å². The van der Waals surface area contributed by atoms with Gasteiger partial charge < -0.3 is 34.1 Å². The van der Waals surface area contributed by atoms with Gasteiger partial charge in [0, 0.05) is 12.5 Å². The Bertz CT molecular complexity index is 1820. The van der Waals surface area contributed by atoms with E-state index in [-0.39, 0.29) is 31.8 Å². The first kappa shape index (κ1) is 34.3. The zero-order valence-electron chi connectivity index (χ0n) is 28.9. The summed E-state index contributed by atoms with van der Waals surface area (Å²) in [5, 5.41) is 14.0. The molecule has 1 fully saturated rings. The predicted molar refractivity (Wildman–Crippen MR) is 195 cm³/mol. The molecule has 8 heteroatoms. The zero-order valence-corrected chi connectivity index (χ0v) is 28.9. The zero-order chi connectivity index (χ0) is 35.2. The van der Waals surface area contributed by atoms with Crippen molar-refractivity contribution in [1.82, 2.24) is 5.32 Å². The van der Waals surface area contributed by atoms with Gasteiger partial charge in [-0.25, -0.2) is 4.79 Å². The number of hydrogen-bond acceptors (Lipinski definition) is 7. The molecule has 1 aliphatic heterocycles. The van der Waals surface area contributed by atoms with Crippen LogP contribution in [-0.4, -0.2) is 63.5 Å². The van der Waals surface area contributed by atoms with Gasteiger partial charge in [0.2, 0.25) is 0 Å². The molecule has 0 bridgehead atoms. The lowest BCUT2D eigenvalue weighted by atomic mass is 9.80. The highest BCUT2D eigenvalue weighted by Crippen LogP contribution is 2.45. The van der Waals surface area contributed by atoms with Crippen LogP contribution >= 0.6 is 0 Å². The van der Waals surface area contributed by atoms with E-state index in [9.17, 15) is 9.90 Å². The second kappa shape index (κ2) is 15.4. The van der Waals surface area contributed by atoms with E-state index in [0.717, 1.165) is 39.3 Å². The molecule has 5 aromatic rings. The van der Waals surface area contributed by atoms with E-state index in [1.807, 2.05) is 103 Å². The Labute approximate surface area is 298 Å². The molecule has 2 aliphatic rings. The maximum Gasteiger partial charge on any atom is 0.407 e. The van der Waals surface area contributed by atoms with E-state index in [1.54, 1.807) is 14.2 Å². The molecule has 0 radical (unpaired) electrons. The summed E-state index contributed by atoms with van der Waals surface area (Å²) in [4.78, 5) is 13.0. The number of amides is 1. The third kappa shape index (κ3) is 7.08. The molecule has 0 unspecified atom stereocenters. The maximum atomic E-state index is 13.0. The Morgan fingerprint density at radius 2 is 1.24 bits per heavy atom. The van der Waals surface area contributed by atoms with Crippen LogP contribution in [0.3, 0.4) is 0 Å². The molecule has 51 heavy (non-hydrogen) atoms. The van der Waals surface area contributed by atoms with E-state index in [0.29, 0.717) is 12.8 Å². The first-order chi connectivity index (χ1) is 25.0. The third-order valence-corrected chi connectivity index (χ3v) is 10.0. The van der Waals surface area contributed by atoms with Crippen LogP contribution in [0.15, 0.2) is 127 Å². The van der Waals surface area contributed by atoms with Gasteiger partial charge in [-0.05, 0) is 76.1 Å². The topological polar surface area (TPSA) is 95.5 Å². The van der Waals surface area contributed by atoms with Crippen LogP contribution in [0.1, 0.15) is 46.6 Å². The lowest BCUT2D eigenvalue weighted by molar-refractivity contribution is -0.156. The molecule has 0 saturated carbocycles. The van der Waals surface area contributed by atoms with Gasteiger partial charge in [-0.3, -0.25) is 0 Å². The van der Waals surface area contributed by atoms with E-state index in [4.69, 9.17) is 23.7 Å². The van der Waals surface area contributed by atoms with Crippen molar-refractivity contribution >= 4 is 6.09 Å².